The number of amides is 1. The second kappa shape index (κ2) is 8.27. The van der Waals surface area contributed by atoms with Gasteiger partial charge in [-0.3, -0.25) is 4.79 Å². The van der Waals surface area contributed by atoms with Crippen LogP contribution >= 0.6 is 0 Å². The molecule has 0 spiro atoms. The molecule has 154 valence electrons. The lowest BCUT2D eigenvalue weighted by Gasteiger charge is -2.21. The number of nitrogens with one attached hydrogen (secondary N) is 1. The van der Waals surface area contributed by atoms with Crippen LogP contribution in [0.5, 0.6) is 0 Å². The summed E-state index contributed by atoms with van der Waals surface area (Å²) in [6.07, 6.45) is 5.34. The van der Waals surface area contributed by atoms with E-state index in [1.54, 1.807) is 36.4 Å². The number of sulfone groups is 1. The first-order chi connectivity index (χ1) is 13.9. The average Bonchev–Trinajstić information content (AvgIpc) is 3.50. The van der Waals surface area contributed by atoms with Gasteiger partial charge in [0.1, 0.15) is 5.82 Å². The molecular weight excluding hydrogens is 389 g/mol. The number of carbonyl (C=O) groups is 1. The van der Waals surface area contributed by atoms with Gasteiger partial charge in [-0.15, -0.1) is 0 Å². The second-order valence-corrected chi connectivity index (χ2v) is 10.5. The summed E-state index contributed by atoms with van der Waals surface area (Å²) in [6, 6.07) is 13.4. The normalized spacial score (nSPS) is 22.2. The largest absolute Gasteiger partial charge is 0.326 e. The van der Waals surface area contributed by atoms with E-state index in [1.165, 1.54) is 12.1 Å². The van der Waals surface area contributed by atoms with Gasteiger partial charge >= 0.3 is 0 Å². The van der Waals surface area contributed by atoms with Crippen LogP contribution in [0.15, 0.2) is 48.5 Å². The quantitative estimate of drug-likeness (QED) is 0.736. The minimum atomic E-state index is -3.18. The zero-order valence-electron chi connectivity index (χ0n) is 16.3. The Morgan fingerprint density at radius 2 is 1.76 bits per heavy atom. The van der Waals surface area contributed by atoms with E-state index in [1.807, 2.05) is 0 Å². The zero-order valence-corrected chi connectivity index (χ0v) is 17.1. The van der Waals surface area contributed by atoms with Gasteiger partial charge in [0.05, 0.1) is 11.0 Å². The molecular formula is C23H26FNO3S. The number of benzene rings is 2. The van der Waals surface area contributed by atoms with E-state index in [-0.39, 0.29) is 34.6 Å². The van der Waals surface area contributed by atoms with Gasteiger partial charge in [-0.25, -0.2) is 12.8 Å². The van der Waals surface area contributed by atoms with Crippen LogP contribution in [0, 0.1) is 11.7 Å². The Morgan fingerprint density at radius 3 is 2.48 bits per heavy atom. The van der Waals surface area contributed by atoms with Gasteiger partial charge in [0.2, 0.25) is 5.91 Å². The first kappa shape index (κ1) is 20.1. The van der Waals surface area contributed by atoms with Crippen molar-refractivity contribution in [3.63, 3.8) is 0 Å². The Kier molecular flexibility index (Phi) is 5.72. The lowest BCUT2D eigenvalue weighted by atomic mass is 10.0. The van der Waals surface area contributed by atoms with Gasteiger partial charge in [-0.05, 0) is 60.6 Å². The van der Waals surface area contributed by atoms with Crippen molar-refractivity contribution in [2.24, 2.45) is 5.92 Å². The van der Waals surface area contributed by atoms with Crippen molar-refractivity contribution < 1.29 is 17.6 Å². The maximum Gasteiger partial charge on any atom is 0.228 e. The first-order valence-corrected chi connectivity index (χ1v) is 12.0. The summed E-state index contributed by atoms with van der Waals surface area (Å²) < 4.78 is 38.5. The Bertz CT molecular complexity index is 981. The van der Waals surface area contributed by atoms with Gasteiger partial charge in [-0.1, -0.05) is 43.5 Å². The molecule has 2 aromatic carbocycles. The molecule has 6 heteroatoms. The van der Waals surface area contributed by atoms with Crippen molar-refractivity contribution in [2.45, 2.75) is 55.4 Å². The lowest BCUT2D eigenvalue weighted by molar-refractivity contribution is -0.117. The first-order valence-electron chi connectivity index (χ1n) is 10.3. The van der Waals surface area contributed by atoms with Gasteiger partial charge in [0, 0.05) is 11.6 Å². The zero-order chi connectivity index (χ0) is 20.4. The van der Waals surface area contributed by atoms with Crippen LogP contribution in [-0.2, 0) is 20.4 Å². The fourth-order valence-corrected chi connectivity index (χ4v) is 6.24. The molecule has 1 N–H and O–H groups in total. The molecule has 2 saturated carbocycles. The van der Waals surface area contributed by atoms with Crippen LogP contribution in [0.2, 0.25) is 0 Å². The Hall–Kier alpha value is -2.21. The molecule has 0 aromatic heterocycles. The van der Waals surface area contributed by atoms with Crippen molar-refractivity contribution in [3.05, 3.63) is 65.5 Å². The smallest absolute Gasteiger partial charge is 0.228 e. The summed E-state index contributed by atoms with van der Waals surface area (Å²) in [6.45, 7) is 0. The van der Waals surface area contributed by atoms with Gasteiger partial charge in [-0.2, -0.15) is 0 Å². The van der Waals surface area contributed by atoms with Gasteiger partial charge in [0.25, 0.3) is 0 Å². The molecule has 4 nitrogen and oxygen atoms in total. The van der Waals surface area contributed by atoms with Crippen LogP contribution in [0.4, 0.5) is 10.1 Å². The number of hydrogen-bond acceptors (Lipinski definition) is 3. The summed E-state index contributed by atoms with van der Waals surface area (Å²) in [5, 5.41) is 2.67. The molecule has 2 aliphatic carbocycles. The van der Waals surface area contributed by atoms with Crippen molar-refractivity contribution in [2.75, 3.05) is 5.32 Å². The summed E-state index contributed by atoms with van der Waals surface area (Å²) in [5.41, 5.74) is 2.30. The molecule has 2 atom stereocenters. The van der Waals surface area contributed by atoms with Crippen LogP contribution in [-0.4, -0.2) is 19.6 Å². The highest BCUT2D eigenvalue weighted by atomic mass is 32.2. The van der Waals surface area contributed by atoms with Crippen LogP contribution in [0.25, 0.3) is 0 Å². The highest BCUT2D eigenvalue weighted by Crippen LogP contribution is 2.48. The second-order valence-electron chi connectivity index (χ2n) is 8.26. The van der Waals surface area contributed by atoms with E-state index in [4.69, 9.17) is 0 Å². The van der Waals surface area contributed by atoms with Gasteiger partial charge in [0.15, 0.2) is 9.84 Å². The molecule has 2 fully saturated rings. The maximum absolute atomic E-state index is 13.1. The fourth-order valence-electron chi connectivity index (χ4n) is 4.31. The number of halogens is 1. The van der Waals surface area contributed by atoms with Crippen LogP contribution in [0.1, 0.15) is 55.6 Å². The highest BCUT2D eigenvalue weighted by Gasteiger charge is 2.43. The molecule has 0 radical (unpaired) electrons. The standard InChI is InChI=1S/C23H26FNO3S/c24-18-11-9-17(10-12-18)21-14-22(21)23(26)25-19-6-4-5-16(13-19)15-29(27,28)20-7-2-1-3-8-20/h4-6,9-13,20-22H,1-3,7-8,14-15H2,(H,25,26). The predicted molar refractivity (Wildman–Crippen MR) is 112 cm³/mol. The maximum atomic E-state index is 13.1. The summed E-state index contributed by atoms with van der Waals surface area (Å²) in [7, 11) is -3.18. The SMILES string of the molecule is O=C(Nc1cccc(CS(=O)(=O)C2CCCCC2)c1)C1CC1c1ccc(F)cc1. The number of hydrogen-bond donors (Lipinski definition) is 1. The van der Waals surface area contributed by atoms with E-state index < -0.39 is 9.84 Å². The minimum absolute atomic E-state index is 0.0169. The molecule has 1 amide bonds. The van der Waals surface area contributed by atoms with Gasteiger partial charge < -0.3 is 5.32 Å². The minimum Gasteiger partial charge on any atom is -0.326 e. The molecule has 0 aliphatic heterocycles. The topological polar surface area (TPSA) is 63.2 Å². The van der Waals surface area contributed by atoms with E-state index in [2.05, 4.69) is 5.32 Å². The average molecular weight is 416 g/mol. The number of carbonyl (C=O) groups excluding carboxylic acids is 1. The fraction of sp³-hybridized carbons (Fsp3) is 0.435. The summed E-state index contributed by atoms with van der Waals surface area (Å²) >= 11 is 0. The third-order valence-corrected chi connectivity index (χ3v) is 8.27. The summed E-state index contributed by atoms with van der Waals surface area (Å²) in [4.78, 5) is 12.6. The van der Waals surface area contributed by atoms with E-state index in [0.717, 1.165) is 44.1 Å². The monoisotopic (exact) mass is 415 g/mol. The number of anilines is 1. The van der Waals surface area contributed by atoms with Crippen molar-refractivity contribution in [1.82, 2.24) is 0 Å². The van der Waals surface area contributed by atoms with Crippen molar-refractivity contribution >= 4 is 21.4 Å². The predicted octanol–water partition coefficient (Wildman–Crippen LogP) is 4.82. The van der Waals surface area contributed by atoms with Crippen molar-refractivity contribution in [3.8, 4) is 0 Å². The highest BCUT2D eigenvalue weighted by molar-refractivity contribution is 7.91. The molecule has 0 bridgehead atoms. The van der Waals surface area contributed by atoms with Crippen LogP contribution < -0.4 is 5.32 Å². The molecule has 29 heavy (non-hydrogen) atoms. The Labute approximate surface area is 171 Å². The van der Waals surface area contributed by atoms with E-state index in [0.29, 0.717) is 11.3 Å². The van der Waals surface area contributed by atoms with Crippen LogP contribution in [0.3, 0.4) is 0 Å². The molecule has 2 aromatic rings. The Morgan fingerprint density at radius 1 is 1.03 bits per heavy atom. The van der Waals surface area contributed by atoms with Crippen molar-refractivity contribution in [1.29, 1.82) is 0 Å². The van der Waals surface area contributed by atoms with E-state index in [9.17, 15) is 17.6 Å². The third kappa shape index (κ3) is 4.86. The van der Waals surface area contributed by atoms with E-state index >= 15 is 0 Å². The molecule has 2 aliphatic rings. The molecule has 0 heterocycles. The third-order valence-electron chi connectivity index (χ3n) is 6.05. The molecule has 2 unspecified atom stereocenters. The summed E-state index contributed by atoms with van der Waals surface area (Å²) in [5.74, 6) is -0.356. The Balaban J connectivity index is 1.38. The lowest BCUT2D eigenvalue weighted by Crippen LogP contribution is -2.25. The number of rotatable bonds is 6. The molecule has 0 saturated heterocycles. The molecule has 4 rings (SSSR count).